The summed E-state index contributed by atoms with van der Waals surface area (Å²) in [6.45, 7) is 0. The van der Waals surface area contributed by atoms with E-state index in [-0.39, 0.29) is 5.70 Å². The average Bonchev–Trinajstić information content (AvgIpc) is 2.76. The van der Waals surface area contributed by atoms with Crippen LogP contribution >= 0.6 is 22.6 Å². The number of carbonyl (C=O) groups excluding carboxylic acids is 1. The predicted octanol–water partition coefficient (Wildman–Crippen LogP) is 4.36. The van der Waals surface area contributed by atoms with Gasteiger partial charge in [0, 0.05) is 0 Å². The van der Waals surface area contributed by atoms with Gasteiger partial charge in [-0.25, -0.2) is 4.79 Å². The summed E-state index contributed by atoms with van der Waals surface area (Å²) in [5.74, 6) is -0.831. The van der Waals surface area contributed by atoms with E-state index in [0.29, 0.717) is 16.9 Å². The fraction of sp³-hybridized carbons (Fsp3) is 0.0435. The van der Waals surface area contributed by atoms with Gasteiger partial charge in [0.1, 0.15) is 17.2 Å². The molecule has 152 valence electrons. The van der Waals surface area contributed by atoms with Gasteiger partial charge < -0.3 is 20.3 Å². The SMILES string of the molecule is O=C(O)/C(=C/c1ccc(Oc2ccccc2I)cc1)NC(=O)C(O)c1ccccc1. The highest BCUT2D eigenvalue weighted by atomic mass is 127. The van der Waals surface area contributed by atoms with Crippen LogP contribution in [-0.4, -0.2) is 22.1 Å². The van der Waals surface area contributed by atoms with Crippen molar-refractivity contribution in [2.45, 2.75) is 6.10 Å². The van der Waals surface area contributed by atoms with Gasteiger partial charge in [-0.2, -0.15) is 0 Å². The average molecular weight is 515 g/mol. The number of ether oxygens (including phenoxy) is 1. The number of nitrogens with one attached hydrogen (secondary N) is 1. The minimum absolute atomic E-state index is 0.346. The van der Waals surface area contributed by atoms with Crippen LogP contribution in [0, 0.1) is 3.57 Å². The summed E-state index contributed by atoms with van der Waals surface area (Å²) in [5, 5.41) is 21.8. The van der Waals surface area contributed by atoms with Gasteiger partial charge in [0.05, 0.1) is 3.57 Å². The van der Waals surface area contributed by atoms with E-state index in [2.05, 4.69) is 27.9 Å². The molecule has 0 aromatic heterocycles. The molecule has 7 heteroatoms. The molecule has 0 saturated carbocycles. The normalized spacial score (nSPS) is 12.1. The first-order chi connectivity index (χ1) is 14.4. The van der Waals surface area contributed by atoms with Crippen LogP contribution < -0.4 is 10.1 Å². The van der Waals surface area contributed by atoms with Crippen LogP contribution in [0.5, 0.6) is 11.5 Å². The molecule has 3 aromatic carbocycles. The van der Waals surface area contributed by atoms with Crippen LogP contribution in [0.3, 0.4) is 0 Å². The number of rotatable bonds is 7. The largest absolute Gasteiger partial charge is 0.477 e. The first kappa shape index (κ1) is 21.5. The van der Waals surface area contributed by atoms with Crippen molar-refractivity contribution in [1.29, 1.82) is 0 Å². The number of carboxylic acid groups (broad SMARTS) is 1. The van der Waals surface area contributed by atoms with E-state index in [9.17, 15) is 19.8 Å². The Morgan fingerprint density at radius 3 is 2.20 bits per heavy atom. The van der Waals surface area contributed by atoms with Crippen molar-refractivity contribution >= 4 is 40.5 Å². The number of para-hydroxylation sites is 1. The maximum Gasteiger partial charge on any atom is 0.352 e. The molecule has 3 rings (SSSR count). The fourth-order valence-electron chi connectivity index (χ4n) is 2.59. The number of aliphatic hydroxyl groups excluding tert-OH is 1. The Balaban J connectivity index is 1.73. The Kier molecular flexibility index (Phi) is 7.21. The molecule has 3 aromatic rings. The van der Waals surface area contributed by atoms with Crippen LogP contribution in [-0.2, 0) is 9.59 Å². The van der Waals surface area contributed by atoms with Crippen molar-refractivity contribution in [2.75, 3.05) is 0 Å². The second kappa shape index (κ2) is 10.0. The molecule has 0 aliphatic rings. The predicted molar refractivity (Wildman–Crippen MR) is 121 cm³/mol. The number of amides is 1. The summed E-state index contributed by atoms with van der Waals surface area (Å²) in [6, 6.07) is 22.6. The lowest BCUT2D eigenvalue weighted by Crippen LogP contribution is -2.31. The highest BCUT2D eigenvalue weighted by molar-refractivity contribution is 14.1. The zero-order valence-electron chi connectivity index (χ0n) is 15.7. The smallest absolute Gasteiger partial charge is 0.352 e. The summed E-state index contributed by atoms with van der Waals surface area (Å²) >= 11 is 2.18. The van der Waals surface area contributed by atoms with E-state index < -0.39 is 18.0 Å². The van der Waals surface area contributed by atoms with Crippen molar-refractivity contribution in [2.24, 2.45) is 0 Å². The van der Waals surface area contributed by atoms with Crippen molar-refractivity contribution in [3.8, 4) is 11.5 Å². The molecule has 6 nitrogen and oxygen atoms in total. The monoisotopic (exact) mass is 515 g/mol. The van der Waals surface area contributed by atoms with Gasteiger partial charge >= 0.3 is 5.97 Å². The van der Waals surface area contributed by atoms with Gasteiger partial charge in [-0.05, 0) is 64.1 Å². The second-order valence-corrected chi connectivity index (χ2v) is 7.43. The molecule has 1 amide bonds. The number of benzene rings is 3. The number of hydrogen-bond donors (Lipinski definition) is 3. The molecule has 0 fully saturated rings. The zero-order chi connectivity index (χ0) is 21.5. The minimum atomic E-state index is -1.47. The third-order valence-electron chi connectivity index (χ3n) is 4.11. The zero-order valence-corrected chi connectivity index (χ0v) is 17.8. The molecule has 0 aliphatic heterocycles. The lowest BCUT2D eigenvalue weighted by atomic mass is 10.1. The third-order valence-corrected chi connectivity index (χ3v) is 5.00. The Labute approximate surface area is 187 Å². The molecule has 30 heavy (non-hydrogen) atoms. The topological polar surface area (TPSA) is 95.9 Å². The van der Waals surface area contributed by atoms with Gasteiger partial charge in [0.15, 0.2) is 6.10 Å². The molecule has 3 N–H and O–H groups in total. The molecule has 1 unspecified atom stereocenters. The number of carbonyl (C=O) groups is 2. The summed E-state index contributed by atoms with van der Waals surface area (Å²) in [6.07, 6.45) is -0.161. The lowest BCUT2D eigenvalue weighted by molar-refractivity contribution is -0.136. The summed E-state index contributed by atoms with van der Waals surface area (Å²) in [7, 11) is 0. The highest BCUT2D eigenvalue weighted by Crippen LogP contribution is 2.26. The van der Waals surface area contributed by atoms with Gasteiger partial charge in [-0.3, -0.25) is 4.79 Å². The van der Waals surface area contributed by atoms with Crippen molar-refractivity contribution < 1.29 is 24.5 Å². The van der Waals surface area contributed by atoms with Gasteiger partial charge in [0.2, 0.25) is 0 Å². The van der Waals surface area contributed by atoms with E-state index in [0.717, 1.165) is 9.32 Å². The first-order valence-corrected chi connectivity index (χ1v) is 10.0. The molecule has 0 radical (unpaired) electrons. The summed E-state index contributed by atoms with van der Waals surface area (Å²) in [4.78, 5) is 23.8. The van der Waals surface area contributed by atoms with Crippen LogP contribution in [0.25, 0.3) is 6.08 Å². The summed E-state index contributed by atoms with van der Waals surface area (Å²) in [5.41, 5.74) is 0.579. The number of halogens is 1. The van der Waals surface area contributed by atoms with E-state index in [1.807, 2.05) is 24.3 Å². The number of hydrogen-bond acceptors (Lipinski definition) is 4. The Morgan fingerprint density at radius 2 is 1.57 bits per heavy atom. The molecular formula is C23H18INO5. The van der Waals surface area contributed by atoms with E-state index in [1.54, 1.807) is 54.6 Å². The fourth-order valence-corrected chi connectivity index (χ4v) is 3.09. The van der Waals surface area contributed by atoms with Gasteiger partial charge in [-0.15, -0.1) is 0 Å². The Hall–Kier alpha value is -3.17. The van der Waals surface area contributed by atoms with Gasteiger partial charge in [-0.1, -0.05) is 54.6 Å². The second-order valence-electron chi connectivity index (χ2n) is 6.27. The molecule has 0 bridgehead atoms. The molecule has 1 atom stereocenters. The minimum Gasteiger partial charge on any atom is -0.477 e. The number of carboxylic acids is 1. The van der Waals surface area contributed by atoms with E-state index >= 15 is 0 Å². The highest BCUT2D eigenvalue weighted by Gasteiger charge is 2.20. The van der Waals surface area contributed by atoms with Crippen LogP contribution in [0.4, 0.5) is 0 Å². The third kappa shape index (κ3) is 5.68. The van der Waals surface area contributed by atoms with E-state index in [4.69, 9.17) is 4.74 Å². The maximum absolute atomic E-state index is 12.3. The van der Waals surface area contributed by atoms with Crippen LogP contribution in [0.2, 0.25) is 0 Å². The Bertz CT molecular complexity index is 1060. The first-order valence-electron chi connectivity index (χ1n) is 8.95. The van der Waals surface area contributed by atoms with Crippen LogP contribution in [0.1, 0.15) is 17.2 Å². The molecule has 0 aliphatic carbocycles. The molecule has 0 spiro atoms. The quantitative estimate of drug-likeness (QED) is 0.321. The molecule has 0 saturated heterocycles. The number of aliphatic hydroxyl groups is 1. The van der Waals surface area contributed by atoms with Crippen molar-refractivity contribution in [1.82, 2.24) is 5.32 Å². The summed E-state index contributed by atoms with van der Waals surface area (Å²) < 4.78 is 6.78. The van der Waals surface area contributed by atoms with Crippen molar-refractivity contribution in [3.63, 3.8) is 0 Å². The number of aliphatic carboxylic acids is 1. The Morgan fingerprint density at radius 1 is 0.933 bits per heavy atom. The lowest BCUT2D eigenvalue weighted by Gasteiger charge is -2.12. The van der Waals surface area contributed by atoms with Crippen LogP contribution in [0.15, 0.2) is 84.6 Å². The van der Waals surface area contributed by atoms with Crippen molar-refractivity contribution in [3.05, 3.63) is 99.3 Å². The standard InChI is InChI=1S/C23H18INO5/c24-18-8-4-5-9-20(18)30-17-12-10-15(11-13-17)14-19(23(28)29)25-22(27)21(26)16-6-2-1-3-7-16/h1-14,21,26H,(H,25,27)(H,28,29)/b19-14-. The molecular weight excluding hydrogens is 497 g/mol. The van der Waals surface area contributed by atoms with E-state index in [1.165, 1.54) is 6.08 Å². The van der Waals surface area contributed by atoms with Gasteiger partial charge in [0.25, 0.3) is 5.91 Å². The maximum atomic E-state index is 12.3. The molecule has 0 heterocycles.